The Morgan fingerprint density at radius 2 is 1.96 bits per heavy atom. The van der Waals surface area contributed by atoms with Crippen LogP contribution in [0.1, 0.15) is 21.7 Å². The number of nitrogens with zero attached hydrogens (tertiary/aromatic N) is 3. The van der Waals surface area contributed by atoms with E-state index in [0.717, 1.165) is 26.8 Å². The highest BCUT2D eigenvalue weighted by atomic mass is 32.2. The molecule has 0 unspecified atom stereocenters. The van der Waals surface area contributed by atoms with E-state index in [4.69, 9.17) is 0 Å². The predicted octanol–water partition coefficient (Wildman–Crippen LogP) is 4.27. The second-order valence-electron chi connectivity index (χ2n) is 5.63. The Labute approximate surface area is 158 Å². The first-order valence-corrected chi connectivity index (χ1v) is 9.76. The van der Waals surface area contributed by atoms with Crippen LogP contribution in [0.5, 0.6) is 0 Å². The summed E-state index contributed by atoms with van der Waals surface area (Å²) in [5.41, 5.74) is 3.53. The van der Waals surface area contributed by atoms with Gasteiger partial charge in [0.15, 0.2) is 4.34 Å². The molecule has 0 saturated carbocycles. The topological polar surface area (TPSA) is 83.6 Å². The molecule has 0 fully saturated rings. The quantitative estimate of drug-likeness (QED) is 0.398. The van der Waals surface area contributed by atoms with E-state index in [-0.39, 0.29) is 5.91 Å². The summed E-state index contributed by atoms with van der Waals surface area (Å²) in [5.74, 6) is 1.37. The summed E-state index contributed by atoms with van der Waals surface area (Å²) in [6.45, 7) is 1.91. The van der Waals surface area contributed by atoms with Gasteiger partial charge in [0.25, 0.3) is 5.91 Å². The maximum Gasteiger partial charge on any atom is 0.257 e. The summed E-state index contributed by atoms with van der Waals surface area (Å²) in [7, 11) is 0. The van der Waals surface area contributed by atoms with Gasteiger partial charge in [0.05, 0.1) is 16.8 Å². The number of hydrogen-bond acceptors (Lipinski definition) is 6. The number of carbonyl (C=O) groups is 1. The van der Waals surface area contributed by atoms with Crippen molar-refractivity contribution in [1.29, 1.82) is 0 Å². The fourth-order valence-electron chi connectivity index (χ4n) is 2.51. The summed E-state index contributed by atoms with van der Waals surface area (Å²) in [5, 5.41) is 11.5. The molecule has 0 aliphatic rings. The molecule has 130 valence electrons. The molecule has 0 radical (unpaired) electrons. The molecule has 2 aromatic carbocycles. The molecule has 0 aliphatic carbocycles. The average molecular weight is 381 g/mol. The first kappa shape index (κ1) is 16.7. The molecule has 4 rings (SSSR count). The van der Waals surface area contributed by atoms with Crippen molar-refractivity contribution >= 4 is 45.2 Å². The fourth-order valence-corrected chi connectivity index (χ4v) is 4.13. The van der Waals surface area contributed by atoms with E-state index in [1.807, 2.05) is 49.4 Å². The average Bonchev–Trinajstić information content (AvgIpc) is 3.26. The second-order valence-corrected chi connectivity index (χ2v) is 7.83. The molecule has 1 amide bonds. The lowest BCUT2D eigenvalue weighted by molar-refractivity contribution is 0.102. The van der Waals surface area contributed by atoms with Crippen molar-refractivity contribution < 1.29 is 4.79 Å². The maximum atomic E-state index is 12.3. The van der Waals surface area contributed by atoms with Gasteiger partial charge in [0.2, 0.25) is 5.13 Å². The van der Waals surface area contributed by atoms with Crippen molar-refractivity contribution in [2.24, 2.45) is 0 Å². The Hall–Kier alpha value is -2.71. The van der Waals surface area contributed by atoms with Crippen molar-refractivity contribution in [3.05, 3.63) is 65.5 Å². The number of anilines is 1. The monoisotopic (exact) mass is 381 g/mol. The van der Waals surface area contributed by atoms with Crippen LogP contribution in [0.2, 0.25) is 0 Å². The normalized spacial score (nSPS) is 11.0. The molecule has 0 saturated heterocycles. The third-order valence-electron chi connectivity index (χ3n) is 3.79. The minimum Gasteiger partial charge on any atom is -0.341 e. The van der Waals surface area contributed by atoms with Crippen LogP contribution in [0, 0.1) is 6.92 Å². The lowest BCUT2D eigenvalue weighted by atomic mass is 10.1. The lowest BCUT2D eigenvalue weighted by Gasteiger charge is -2.03. The van der Waals surface area contributed by atoms with Crippen LogP contribution in [0.15, 0.2) is 52.9 Å². The van der Waals surface area contributed by atoms with E-state index in [1.54, 1.807) is 6.07 Å². The van der Waals surface area contributed by atoms with Gasteiger partial charge in [-0.1, -0.05) is 53.4 Å². The zero-order valence-electron chi connectivity index (χ0n) is 13.9. The molecular formula is C18H15N5OS2. The number of nitrogens with one attached hydrogen (secondary N) is 2. The first-order valence-electron chi connectivity index (χ1n) is 7.96. The molecule has 0 aliphatic heterocycles. The summed E-state index contributed by atoms with van der Waals surface area (Å²) >= 11 is 2.89. The summed E-state index contributed by atoms with van der Waals surface area (Å²) in [4.78, 5) is 20.2. The fraction of sp³-hybridized carbons (Fsp3) is 0.111. The van der Waals surface area contributed by atoms with E-state index in [9.17, 15) is 4.79 Å². The number of imidazole rings is 1. The Bertz CT molecular complexity index is 1040. The Morgan fingerprint density at radius 1 is 1.15 bits per heavy atom. The van der Waals surface area contributed by atoms with E-state index >= 15 is 0 Å². The van der Waals surface area contributed by atoms with Gasteiger partial charge < -0.3 is 4.98 Å². The van der Waals surface area contributed by atoms with Crippen LogP contribution >= 0.6 is 23.1 Å². The number of aryl methyl sites for hydroxylation is 1. The van der Waals surface area contributed by atoms with Gasteiger partial charge in [-0.05, 0) is 30.7 Å². The molecule has 8 heteroatoms. The number of benzene rings is 2. The number of hydrogen-bond donors (Lipinski definition) is 2. The van der Waals surface area contributed by atoms with Crippen molar-refractivity contribution in [1.82, 2.24) is 20.2 Å². The van der Waals surface area contributed by atoms with Crippen LogP contribution in [0.25, 0.3) is 11.0 Å². The van der Waals surface area contributed by atoms with Gasteiger partial charge in [-0.15, -0.1) is 10.2 Å². The minimum absolute atomic E-state index is 0.173. The Balaban J connectivity index is 1.40. The lowest BCUT2D eigenvalue weighted by Crippen LogP contribution is -2.12. The number of amides is 1. The Kier molecular flexibility index (Phi) is 4.68. The number of para-hydroxylation sites is 2. The Morgan fingerprint density at radius 3 is 2.81 bits per heavy atom. The van der Waals surface area contributed by atoms with Gasteiger partial charge >= 0.3 is 0 Å². The van der Waals surface area contributed by atoms with E-state index in [1.165, 1.54) is 23.1 Å². The van der Waals surface area contributed by atoms with Gasteiger partial charge in [0.1, 0.15) is 5.82 Å². The second kappa shape index (κ2) is 7.27. The number of carbonyl (C=O) groups excluding carboxylic acids is 1. The van der Waals surface area contributed by atoms with Crippen molar-refractivity contribution in [2.45, 2.75) is 17.0 Å². The van der Waals surface area contributed by atoms with E-state index in [0.29, 0.717) is 16.4 Å². The number of rotatable bonds is 5. The number of aromatic nitrogens is 4. The highest BCUT2D eigenvalue weighted by Crippen LogP contribution is 2.28. The number of thioether (sulfide) groups is 1. The van der Waals surface area contributed by atoms with E-state index in [2.05, 4.69) is 25.5 Å². The van der Waals surface area contributed by atoms with Crippen LogP contribution in [0.4, 0.5) is 5.13 Å². The van der Waals surface area contributed by atoms with Crippen LogP contribution in [0.3, 0.4) is 0 Å². The summed E-state index contributed by atoms with van der Waals surface area (Å²) in [6.07, 6.45) is 0. The van der Waals surface area contributed by atoms with Crippen molar-refractivity contribution in [3.8, 4) is 0 Å². The number of H-pyrrole nitrogens is 1. The maximum absolute atomic E-state index is 12.3. The molecular weight excluding hydrogens is 366 g/mol. The molecule has 26 heavy (non-hydrogen) atoms. The molecule has 0 bridgehead atoms. The van der Waals surface area contributed by atoms with E-state index < -0.39 is 0 Å². The van der Waals surface area contributed by atoms with Gasteiger partial charge in [0, 0.05) is 5.56 Å². The molecule has 6 nitrogen and oxygen atoms in total. The molecule has 2 aromatic heterocycles. The zero-order valence-corrected chi connectivity index (χ0v) is 15.5. The third kappa shape index (κ3) is 3.61. The zero-order chi connectivity index (χ0) is 17.9. The summed E-state index contributed by atoms with van der Waals surface area (Å²) < 4.78 is 0.783. The smallest absolute Gasteiger partial charge is 0.257 e. The molecule has 0 spiro atoms. The number of fused-ring (bicyclic) bond motifs is 1. The minimum atomic E-state index is -0.173. The predicted molar refractivity (Wildman–Crippen MR) is 105 cm³/mol. The van der Waals surface area contributed by atoms with Gasteiger partial charge in [-0.2, -0.15) is 0 Å². The third-order valence-corrected chi connectivity index (χ3v) is 5.77. The largest absolute Gasteiger partial charge is 0.341 e. The van der Waals surface area contributed by atoms with Crippen LogP contribution in [-0.2, 0) is 5.75 Å². The first-order chi connectivity index (χ1) is 12.7. The summed E-state index contributed by atoms with van der Waals surface area (Å²) in [6, 6.07) is 15.4. The standard InChI is InChI=1S/C18H15N5OS2/c1-11-6-2-3-7-12(11)16(24)21-17-22-23-18(26-17)25-10-15-19-13-8-4-5-9-14(13)20-15/h2-9H,10H2,1H3,(H,19,20)(H,21,22,24). The van der Waals surface area contributed by atoms with Gasteiger partial charge in [-0.3, -0.25) is 10.1 Å². The SMILES string of the molecule is Cc1ccccc1C(=O)Nc1nnc(SCc2nc3ccccc3[nH]2)s1. The molecule has 4 aromatic rings. The van der Waals surface area contributed by atoms with Crippen LogP contribution < -0.4 is 5.32 Å². The van der Waals surface area contributed by atoms with Crippen molar-refractivity contribution in [3.63, 3.8) is 0 Å². The van der Waals surface area contributed by atoms with Crippen molar-refractivity contribution in [2.75, 3.05) is 5.32 Å². The van der Waals surface area contributed by atoms with Crippen LogP contribution in [-0.4, -0.2) is 26.1 Å². The molecule has 2 N–H and O–H groups in total. The molecule has 2 heterocycles. The van der Waals surface area contributed by atoms with Gasteiger partial charge in [-0.25, -0.2) is 4.98 Å². The highest BCUT2D eigenvalue weighted by molar-refractivity contribution is 8.00. The molecule has 0 atom stereocenters. The number of aromatic amines is 1. The highest BCUT2D eigenvalue weighted by Gasteiger charge is 2.12.